The Morgan fingerprint density at radius 2 is 2.17 bits per heavy atom. The SMILES string of the molecule is CCCn1nccc1C(N)c1cc(C)cc(F)c1. The number of hydrogen-bond acceptors (Lipinski definition) is 2. The molecule has 0 saturated heterocycles. The molecule has 1 aromatic heterocycles. The van der Waals surface area contributed by atoms with E-state index in [0.29, 0.717) is 0 Å². The van der Waals surface area contributed by atoms with E-state index in [1.54, 1.807) is 6.20 Å². The van der Waals surface area contributed by atoms with Gasteiger partial charge in [0.25, 0.3) is 0 Å². The van der Waals surface area contributed by atoms with Crippen molar-refractivity contribution in [3.8, 4) is 0 Å². The molecule has 96 valence electrons. The van der Waals surface area contributed by atoms with E-state index in [-0.39, 0.29) is 11.9 Å². The summed E-state index contributed by atoms with van der Waals surface area (Å²) < 4.78 is 15.3. The van der Waals surface area contributed by atoms with E-state index in [1.165, 1.54) is 12.1 Å². The summed E-state index contributed by atoms with van der Waals surface area (Å²) in [6.07, 6.45) is 2.72. The molecule has 18 heavy (non-hydrogen) atoms. The van der Waals surface area contributed by atoms with Crippen molar-refractivity contribution < 1.29 is 4.39 Å². The quantitative estimate of drug-likeness (QED) is 0.902. The van der Waals surface area contributed by atoms with Gasteiger partial charge in [0.05, 0.1) is 11.7 Å². The van der Waals surface area contributed by atoms with Crippen molar-refractivity contribution in [1.29, 1.82) is 0 Å². The van der Waals surface area contributed by atoms with Gasteiger partial charge in [0.15, 0.2) is 0 Å². The van der Waals surface area contributed by atoms with Crippen molar-refractivity contribution in [2.75, 3.05) is 0 Å². The number of benzene rings is 1. The molecule has 0 aliphatic carbocycles. The predicted octanol–water partition coefficient (Wildman–Crippen LogP) is 2.79. The molecular formula is C14H18FN3. The Hall–Kier alpha value is -1.68. The van der Waals surface area contributed by atoms with E-state index in [1.807, 2.05) is 23.7 Å². The molecule has 0 fully saturated rings. The first-order chi connectivity index (χ1) is 8.61. The Morgan fingerprint density at radius 3 is 2.83 bits per heavy atom. The van der Waals surface area contributed by atoms with Crippen molar-refractivity contribution in [3.63, 3.8) is 0 Å². The minimum absolute atomic E-state index is 0.248. The Balaban J connectivity index is 2.34. The fourth-order valence-electron chi connectivity index (χ4n) is 2.12. The molecule has 1 unspecified atom stereocenters. The Kier molecular flexibility index (Phi) is 3.77. The van der Waals surface area contributed by atoms with E-state index in [2.05, 4.69) is 12.0 Å². The topological polar surface area (TPSA) is 43.8 Å². The largest absolute Gasteiger partial charge is 0.319 e. The molecule has 3 nitrogen and oxygen atoms in total. The second kappa shape index (κ2) is 5.31. The second-order valence-corrected chi connectivity index (χ2v) is 4.52. The summed E-state index contributed by atoms with van der Waals surface area (Å²) in [5.41, 5.74) is 8.78. The Bertz CT molecular complexity index is 513. The summed E-state index contributed by atoms with van der Waals surface area (Å²) in [5, 5.41) is 4.24. The third kappa shape index (κ3) is 2.59. The van der Waals surface area contributed by atoms with Gasteiger partial charge in [-0.1, -0.05) is 13.0 Å². The average molecular weight is 247 g/mol. The zero-order valence-electron chi connectivity index (χ0n) is 10.7. The molecule has 4 heteroatoms. The van der Waals surface area contributed by atoms with Gasteiger partial charge < -0.3 is 5.73 Å². The summed E-state index contributed by atoms with van der Waals surface area (Å²) in [5.74, 6) is -0.248. The number of nitrogens with zero attached hydrogens (tertiary/aromatic N) is 2. The number of rotatable bonds is 4. The number of nitrogens with two attached hydrogens (primary N) is 1. The summed E-state index contributed by atoms with van der Waals surface area (Å²) in [7, 11) is 0. The summed E-state index contributed by atoms with van der Waals surface area (Å²) in [6, 6.07) is 6.45. The van der Waals surface area contributed by atoms with Crippen LogP contribution in [0.3, 0.4) is 0 Å². The Labute approximate surface area is 106 Å². The highest BCUT2D eigenvalue weighted by atomic mass is 19.1. The molecule has 2 rings (SSSR count). The van der Waals surface area contributed by atoms with E-state index < -0.39 is 0 Å². The van der Waals surface area contributed by atoms with Gasteiger partial charge in [-0.25, -0.2) is 4.39 Å². The molecule has 1 atom stereocenters. The van der Waals surface area contributed by atoms with Crippen LogP contribution in [0.15, 0.2) is 30.5 Å². The molecule has 0 aliphatic rings. The highest BCUT2D eigenvalue weighted by molar-refractivity contribution is 5.31. The number of aromatic nitrogens is 2. The first-order valence-corrected chi connectivity index (χ1v) is 6.16. The van der Waals surface area contributed by atoms with Crippen LogP contribution in [0.5, 0.6) is 0 Å². The third-order valence-electron chi connectivity index (χ3n) is 2.93. The molecule has 0 aliphatic heterocycles. The van der Waals surface area contributed by atoms with E-state index >= 15 is 0 Å². The van der Waals surface area contributed by atoms with Crippen LogP contribution in [0, 0.1) is 12.7 Å². The van der Waals surface area contributed by atoms with Gasteiger partial charge in [-0.05, 0) is 42.7 Å². The average Bonchev–Trinajstić information content (AvgIpc) is 2.75. The minimum atomic E-state index is -0.339. The van der Waals surface area contributed by atoms with Gasteiger partial charge in [-0.15, -0.1) is 0 Å². The zero-order valence-corrected chi connectivity index (χ0v) is 10.7. The molecule has 0 bridgehead atoms. The molecule has 2 N–H and O–H groups in total. The highest BCUT2D eigenvalue weighted by Gasteiger charge is 2.14. The summed E-state index contributed by atoms with van der Waals surface area (Å²) in [4.78, 5) is 0. The van der Waals surface area contributed by atoms with Crippen LogP contribution >= 0.6 is 0 Å². The monoisotopic (exact) mass is 247 g/mol. The third-order valence-corrected chi connectivity index (χ3v) is 2.93. The normalized spacial score (nSPS) is 12.7. The lowest BCUT2D eigenvalue weighted by Crippen LogP contribution is -2.18. The van der Waals surface area contributed by atoms with Gasteiger partial charge in [0.2, 0.25) is 0 Å². The minimum Gasteiger partial charge on any atom is -0.319 e. The number of aryl methyl sites for hydroxylation is 2. The lowest BCUT2D eigenvalue weighted by Gasteiger charge is -2.15. The summed E-state index contributed by atoms with van der Waals surface area (Å²) >= 11 is 0. The standard InChI is InChI=1S/C14H18FN3/c1-3-6-18-13(4-5-17-18)14(16)11-7-10(2)8-12(15)9-11/h4-5,7-9,14H,3,6,16H2,1-2H3. The Morgan fingerprint density at radius 1 is 1.39 bits per heavy atom. The fraction of sp³-hybridized carbons (Fsp3) is 0.357. The molecule has 0 spiro atoms. The molecular weight excluding hydrogens is 229 g/mol. The van der Waals surface area contributed by atoms with Gasteiger partial charge >= 0.3 is 0 Å². The molecule has 0 saturated carbocycles. The van der Waals surface area contributed by atoms with Crippen LogP contribution in [0.25, 0.3) is 0 Å². The number of halogens is 1. The van der Waals surface area contributed by atoms with Crippen molar-refractivity contribution in [1.82, 2.24) is 9.78 Å². The molecule has 0 amide bonds. The van der Waals surface area contributed by atoms with Crippen LogP contribution in [-0.2, 0) is 6.54 Å². The smallest absolute Gasteiger partial charge is 0.123 e. The maximum absolute atomic E-state index is 13.4. The van der Waals surface area contributed by atoms with Crippen molar-refractivity contribution in [2.45, 2.75) is 32.9 Å². The molecule has 1 heterocycles. The van der Waals surface area contributed by atoms with Crippen LogP contribution in [0.2, 0.25) is 0 Å². The highest BCUT2D eigenvalue weighted by Crippen LogP contribution is 2.21. The fourth-order valence-corrected chi connectivity index (χ4v) is 2.12. The molecule has 2 aromatic rings. The van der Waals surface area contributed by atoms with E-state index in [9.17, 15) is 4.39 Å². The lowest BCUT2D eigenvalue weighted by molar-refractivity contribution is 0.557. The number of hydrogen-bond donors (Lipinski definition) is 1. The van der Waals surface area contributed by atoms with Gasteiger partial charge in [0.1, 0.15) is 5.82 Å². The summed E-state index contributed by atoms with van der Waals surface area (Å²) in [6.45, 7) is 4.77. The molecule has 1 aromatic carbocycles. The van der Waals surface area contributed by atoms with Crippen LogP contribution in [0.4, 0.5) is 4.39 Å². The second-order valence-electron chi connectivity index (χ2n) is 4.52. The van der Waals surface area contributed by atoms with E-state index in [0.717, 1.165) is 29.8 Å². The van der Waals surface area contributed by atoms with E-state index in [4.69, 9.17) is 5.73 Å². The molecule has 0 radical (unpaired) electrons. The van der Waals surface area contributed by atoms with Crippen LogP contribution < -0.4 is 5.73 Å². The first kappa shape index (κ1) is 12.8. The van der Waals surface area contributed by atoms with Crippen molar-refractivity contribution >= 4 is 0 Å². The van der Waals surface area contributed by atoms with Gasteiger partial charge in [-0.2, -0.15) is 5.10 Å². The lowest BCUT2D eigenvalue weighted by atomic mass is 10.0. The zero-order chi connectivity index (χ0) is 13.1. The van der Waals surface area contributed by atoms with Crippen molar-refractivity contribution in [2.24, 2.45) is 5.73 Å². The van der Waals surface area contributed by atoms with Crippen molar-refractivity contribution in [3.05, 3.63) is 53.1 Å². The van der Waals surface area contributed by atoms with Gasteiger partial charge in [0, 0.05) is 12.7 Å². The van der Waals surface area contributed by atoms with Crippen LogP contribution in [0.1, 0.15) is 36.2 Å². The first-order valence-electron chi connectivity index (χ1n) is 6.16. The van der Waals surface area contributed by atoms with Crippen LogP contribution in [-0.4, -0.2) is 9.78 Å². The maximum atomic E-state index is 13.4. The maximum Gasteiger partial charge on any atom is 0.123 e. The predicted molar refractivity (Wildman–Crippen MR) is 69.7 cm³/mol. The van der Waals surface area contributed by atoms with Gasteiger partial charge in [-0.3, -0.25) is 4.68 Å².